The van der Waals surface area contributed by atoms with Crippen LogP contribution in [0.5, 0.6) is 0 Å². The molecule has 1 aliphatic heterocycles. The second-order valence-electron chi connectivity index (χ2n) is 6.32. The lowest BCUT2D eigenvalue weighted by atomic mass is 10.0. The molecule has 2 aromatic heterocycles. The molecule has 0 atom stereocenters. The molecule has 3 aromatic rings. The molecule has 1 fully saturated rings. The molecule has 1 saturated heterocycles. The third-order valence-electron chi connectivity index (χ3n) is 4.80. The van der Waals surface area contributed by atoms with Gasteiger partial charge in [0.2, 0.25) is 0 Å². The molecule has 0 spiro atoms. The summed E-state index contributed by atoms with van der Waals surface area (Å²) < 4.78 is 0. The lowest BCUT2D eigenvalue weighted by Gasteiger charge is -2.37. The van der Waals surface area contributed by atoms with Gasteiger partial charge in [0.25, 0.3) is 0 Å². The highest BCUT2D eigenvalue weighted by Crippen LogP contribution is 2.27. The van der Waals surface area contributed by atoms with Gasteiger partial charge in [0.05, 0.1) is 11.0 Å². The molecule has 1 aliphatic rings. The summed E-state index contributed by atoms with van der Waals surface area (Å²) in [7, 11) is 2.22. The highest BCUT2D eigenvalue weighted by atomic mass is 32.1. The number of thiazole rings is 1. The van der Waals surface area contributed by atoms with Crippen LogP contribution in [0.1, 0.15) is 17.7 Å². The van der Waals surface area contributed by atoms with Crippen molar-refractivity contribution >= 4 is 28.1 Å². The fourth-order valence-electron chi connectivity index (χ4n) is 3.46. The lowest BCUT2D eigenvalue weighted by Crippen LogP contribution is -2.43. The second kappa shape index (κ2) is 6.83. The first kappa shape index (κ1) is 15.5. The summed E-state index contributed by atoms with van der Waals surface area (Å²) in [6.45, 7) is 3.07. The zero-order valence-corrected chi connectivity index (χ0v) is 14.6. The van der Waals surface area contributed by atoms with Crippen LogP contribution in [-0.2, 0) is 6.54 Å². The standard InChI is InChI=1S/C18H21N5S/c1-22(11-15-10-19-13-24-15)14-6-8-23(9-7-14)18-16-4-2-3-5-17(16)20-12-21-18/h2-5,10,12-14H,6-9,11H2,1H3. The van der Waals surface area contributed by atoms with E-state index in [0.717, 1.165) is 49.2 Å². The van der Waals surface area contributed by atoms with Crippen molar-refractivity contribution in [2.75, 3.05) is 25.0 Å². The van der Waals surface area contributed by atoms with Crippen molar-refractivity contribution in [3.05, 3.63) is 47.2 Å². The van der Waals surface area contributed by atoms with Crippen molar-refractivity contribution < 1.29 is 0 Å². The molecule has 3 heterocycles. The van der Waals surface area contributed by atoms with E-state index in [1.165, 1.54) is 4.88 Å². The van der Waals surface area contributed by atoms with Gasteiger partial charge in [0, 0.05) is 42.1 Å². The van der Waals surface area contributed by atoms with E-state index in [1.807, 2.05) is 17.8 Å². The van der Waals surface area contributed by atoms with E-state index in [1.54, 1.807) is 17.7 Å². The Kier molecular flexibility index (Phi) is 4.40. The van der Waals surface area contributed by atoms with Crippen molar-refractivity contribution in [1.29, 1.82) is 0 Å². The maximum atomic E-state index is 4.56. The molecule has 0 bridgehead atoms. The van der Waals surface area contributed by atoms with Gasteiger partial charge in [-0.25, -0.2) is 9.97 Å². The Morgan fingerprint density at radius 3 is 2.83 bits per heavy atom. The minimum absolute atomic E-state index is 0.622. The Bertz CT molecular complexity index is 791. The molecule has 6 heteroatoms. The number of benzene rings is 1. The summed E-state index contributed by atoms with van der Waals surface area (Å²) in [4.78, 5) is 19.3. The van der Waals surface area contributed by atoms with Gasteiger partial charge in [-0.3, -0.25) is 9.88 Å². The van der Waals surface area contributed by atoms with Crippen molar-refractivity contribution in [2.24, 2.45) is 0 Å². The number of nitrogens with zero attached hydrogens (tertiary/aromatic N) is 5. The zero-order chi connectivity index (χ0) is 16.4. The van der Waals surface area contributed by atoms with E-state index in [9.17, 15) is 0 Å². The van der Waals surface area contributed by atoms with Crippen LogP contribution in [0.2, 0.25) is 0 Å². The average Bonchev–Trinajstić information content (AvgIpc) is 3.14. The van der Waals surface area contributed by atoms with Gasteiger partial charge in [-0.15, -0.1) is 11.3 Å². The molecule has 0 saturated carbocycles. The molecule has 0 radical (unpaired) electrons. The lowest BCUT2D eigenvalue weighted by molar-refractivity contribution is 0.201. The Morgan fingerprint density at radius 1 is 1.21 bits per heavy atom. The van der Waals surface area contributed by atoms with Gasteiger partial charge in [-0.05, 0) is 32.0 Å². The third-order valence-corrected chi connectivity index (χ3v) is 5.56. The molecule has 24 heavy (non-hydrogen) atoms. The molecule has 124 valence electrons. The van der Waals surface area contributed by atoms with E-state index in [-0.39, 0.29) is 0 Å². The molecule has 1 aromatic carbocycles. The zero-order valence-electron chi connectivity index (χ0n) is 13.8. The van der Waals surface area contributed by atoms with E-state index in [2.05, 4.69) is 50.0 Å². The van der Waals surface area contributed by atoms with Crippen molar-refractivity contribution in [1.82, 2.24) is 19.9 Å². The number of fused-ring (bicyclic) bond motifs is 1. The number of piperidine rings is 1. The van der Waals surface area contributed by atoms with Gasteiger partial charge in [-0.1, -0.05) is 12.1 Å². The Labute approximate surface area is 146 Å². The molecule has 0 unspecified atom stereocenters. The first-order valence-electron chi connectivity index (χ1n) is 8.33. The van der Waals surface area contributed by atoms with E-state index < -0.39 is 0 Å². The fourth-order valence-corrected chi connectivity index (χ4v) is 4.11. The monoisotopic (exact) mass is 339 g/mol. The van der Waals surface area contributed by atoms with E-state index in [0.29, 0.717) is 6.04 Å². The largest absolute Gasteiger partial charge is 0.356 e. The number of hydrogen-bond donors (Lipinski definition) is 0. The maximum absolute atomic E-state index is 4.56. The number of anilines is 1. The predicted molar refractivity (Wildman–Crippen MR) is 98.4 cm³/mol. The normalized spacial score (nSPS) is 16.2. The molecule has 0 aliphatic carbocycles. The molecule has 4 rings (SSSR count). The maximum Gasteiger partial charge on any atom is 0.139 e. The summed E-state index contributed by atoms with van der Waals surface area (Å²) in [6.07, 6.45) is 5.98. The second-order valence-corrected chi connectivity index (χ2v) is 7.29. The van der Waals surface area contributed by atoms with Crippen molar-refractivity contribution in [3.63, 3.8) is 0 Å². The first-order chi connectivity index (χ1) is 11.8. The molecule has 0 amide bonds. The van der Waals surface area contributed by atoms with Crippen LogP contribution in [0.4, 0.5) is 5.82 Å². The number of para-hydroxylation sites is 1. The summed E-state index contributed by atoms with van der Waals surface area (Å²) >= 11 is 1.73. The molecular formula is C18H21N5S. The van der Waals surface area contributed by atoms with Crippen LogP contribution < -0.4 is 4.90 Å². The minimum Gasteiger partial charge on any atom is -0.356 e. The average molecular weight is 339 g/mol. The highest BCUT2D eigenvalue weighted by Gasteiger charge is 2.24. The van der Waals surface area contributed by atoms with Gasteiger partial charge in [0.15, 0.2) is 0 Å². The number of hydrogen-bond acceptors (Lipinski definition) is 6. The topological polar surface area (TPSA) is 45.2 Å². The van der Waals surface area contributed by atoms with Crippen LogP contribution in [0.15, 0.2) is 42.3 Å². The summed E-state index contributed by atoms with van der Waals surface area (Å²) in [6, 6.07) is 8.88. The smallest absolute Gasteiger partial charge is 0.139 e. The Balaban J connectivity index is 1.44. The number of rotatable bonds is 4. The van der Waals surface area contributed by atoms with Crippen LogP contribution >= 0.6 is 11.3 Å². The number of aromatic nitrogens is 3. The van der Waals surface area contributed by atoms with Gasteiger partial charge >= 0.3 is 0 Å². The quantitative estimate of drug-likeness (QED) is 0.730. The summed E-state index contributed by atoms with van der Waals surface area (Å²) in [5, 5.41) is 1.15. The highest BCUT2D eigenvalue weighted by molar-refractivity contribution is 7.09. The summed E-state index contributed by atoms with van der Waals surface area (Å²) in [5.74, 6) is 1.07. The summed E-state index contributed by atoms with van der Waals surface area (Å²) in [5.41, 5.74) is 2.93. The van der Waals surface area contributed by atoms with Crippen LogP contribution in [-0.4, -0.2) is 46.0 Å². The van der Waals surface area contributed by atoms with Crippen molar-refractivity contribution in [2.45, 2.75) is 25.4 Å². The van der Waals surface area contributed by atoms with Crippen LogP contribution in [0, 0.1) is 0 Å². The van der Waals surface area contributed by atoms with Crippen LogP contribution in [0.25, 0.3) is 10.9 Å². The SMILES string of the molecule is CN(Cc1cncs1)C1CCN(c2ncnc3ccccc23)CC1. The molecular weight excluding hydrogens is 318 g/mol. The van der Waals surface area contributed by atoms with Gasteiger partial charge < -0.3 is 4.90 Å². The van der Waals surface area contributed by atoms with E-state index in [4.69, 9.17) is 0 Å². The third kappa shape index (κ3) is 3.12. The Morgan fingerprint density at radius 2 is 2.04 bits per heavy atom. The Hall–Kier alpha value is -2.05. The molecule has 0 N–H and O–H groups in total. The minimum atomic E-state index is 0.622. The van der Waals surface area contributed by atoms with Crippen LogP contribution in [0.3, 0.4) is 0 Å². The predicted octanol–water partition coefficient (Wildman–Crippen LogP) is 3.19. The molecule has 5 nitrogen and oxygen atoms in total. The fraction of sp³-hybridized carbons (Fsp3) is 0.389. The first-order valence-corrected chi connectivity index (χ1v) is 9.21. The van der Waals surface area contributed by atoms with E-state index >= 15 is 0 Å². The van der Waals surface area contributed by atoms with Gasteiger partial charge in [-0.2, -0.15) is 0 Å². The van der Waals surface area contributed by atoms with Gasteiger partial charge in [0.1, 0.15) is 12.1 Å². The van der Waals surface area contributed by atoms with Crippen molar-refractivity contribution in [3.8, 4) is 0 Å².